The maximum atomic E-state index is 12.1. The maximum Gasteiger partial charge on any atom is 0.319 e. The van der Waals surface area contributed by atoms with Crippen LogP contribution in [0.3, 0.4) is 0 Å². The molecule has 0 bridgehead atoms. The van der Waals surface area contributed by atoms with Gasteiger partial charge in [-0.1, -0.05) is 0 Å². The van der Waals surface area contributed by atoms with E-state index in [1.165, 1.54) is 0 Å². The molecule has 2 amide bonds. The minimum absolute atomic E-state index is 0.310. The number of methoxy groups -OCH3 is 1. The molecule has 8 nitrogen and oxygen atoms in total. The zero-order chi connectivity index (χ0) is 19.3. The number of amides is 2. The van der Waals surface area contributed by atoms with Crippen LogP contribution in [0.15, 0.2) is 65.5 Å². The summed E-state index contributed by atoms with van der Waals surface area (Å²) in [5.74, 6) is 0.933. The molecule has 0 spiro atoms. The summed E-state index contributed by atoms with van der Waals surface area (Å²) in [6.07, 6.45) is 4.99. The Kier molecular flexibility index (Phi) is 4.83. The van der Waals surface area contributed by atoms with Crippen molar-refractivity contribution >= 4 is 22.8 Å². The molecule has 0 saturated heterocycles. The first-order valence-electron chi connectivity index (χ1n) is 8.56. The first-order valence-corrected chi connectivity index (χ1v) is 8.56. The van der Waals surface area contributed by atoms with Gasteiger partial charge in [-0.15, -0.1) is 0 Å². The number of carbonyl (C=O) groups is 1. The van der Waals surface area contributed by atoms with Gasteiger partial charge in [-0.2, -0.15) is 0 Å². The van der Waals surface area contributed by atoms with Crippen LogP contribution in [0, 0.1) is 0 Å². The number of hydrogen-bond acceptors (Lipinski definition) is 6. The molecule has 8 heteroatoms. The third kappa shape index (κ3) is 3.90. The number of benzene rings is 1. The second-order valence-corrected chi connectivity index (χ2v) is 5.95. The van der Waals surface area contributed by atoms with Crippen LogP contribution in [0.25, 0.3) is 22.6 Å². The molecule has 0 atom stereocenters. The summed E-state index contributed by atoms with van der Waals surface area (Å²) in [7, 11) is 1.55. The van der Waals surface area contributed by atoms with Crippen LogP contribution < -0.4 is 15.4 Å². The number of carbonyl (C=O) groups excluding carboxylic acids is 1. The zero-order valence-corrected chi connectivity index (χ0v) is 15.0. The van der Waals surface area contributed by atoms with Crippen molar-refractivity contribution in [3.8, 4) is 17.3 Å². The number of ether oxygens (including phenoxy) is 1. The van der Waals surface area contributed by atoms with Crippen LogP contribution in [0.2, 0.25) is 0 Å². The Morgan fingerprint density at radius 3 is 2.79 bits per heavy atom. The molecule has 0 saturated carbocycles. The van der Waals surface area contributed by atoms with Gasteiger partial charge in [0, 0.05) is 48.5 Å². The summed E-state index contributed by atoms with van der Waals surface area (Å²) in [6, 6.07) is 12.2. The molecule has 2 N–H and O–H groups in total. The standard InChI is InChI=1S/C20H17N5O3/c1-27-18-10-14(6-9-22-18)19-25-16-3-2-15(11-17(16)28-19)24-20(26)23-12-13-4-7-21-8-5-13/h2-11H,12H2,1H3,(H2,23,24,26). The number of rotatable bonds is 5. The molecule has 4 aromatic rings. The van der Waals surface area contributed by atoms with Gasteiger partial charge in [-0.3, -0.25) is 4.98 Å². The van der Waals surface area contributed by atoms with Crippen LogP contribution in [0.1, 0.15) is 5.56 Å². The minimum atomic E-state index is -0.310. The van der Waals surface area contributed by atoms with Crippen LogP contribution in [0.5, 0.6) is 5.88 Å². The number of nitrogens with zero attached hydrogens (tertiary/aromatic N) is 3. The van der Waals surface area contributed by atoms with E-state index in [9.17, 15) is 4.79 Å². The molecule has 0 aliphatic rings. The van der Waals surface area contributed by atoms with E-state index in [0.29, 0.717) is 35.1 Å². The van der Waals surface area contributed by atoms with Gasteiger partial charge >= 0.3 is 6.03 Å². The highest BCUT2D eigenvalue weighted by molar-refractivity contribution is 5.91. The van der Waals surface area contributed by atoms with Gasteiger partial charge in [0.25, 0.3) is 0 Å². The topological polar surface area (TPSA) is 102 Å². The maximum absolute atomic E-state index is 12.1. The van der Waals surface area contributed by atoms with E-state index in [-0.39, 0.29) is 6.03 Å². The number of pyridine rings is 2. The molecule has 0 aliphatic carbocycles. The molecule has 0 radical (unpaired) electrons. The Morgan fingerprint density at radius 1 is 1.11 bits per heavy atom. The lowest BCUT2D eigenvalue weighted by molar-refractivity contribution is 0.251. The molecule has 3 aromatic heterocycles. The van der Waals surface area contributed by atoms with Crippen molar-refractivity contribution in [3.05, 3.63) is 66.6 Å². The molecular weight excluding hydrogens is 358 g/mol. The van der Waals surface area contributed by atoms with Gasteiger partial charge in [0.2, 0.25) is 11.8 Å². The monoisotopic (exact) mass is 375 g/mol. The fourth-order valence-corrected chi connectivity index (χ4v) is 2.64. The molecule has 0 fully saturated rings. The van der Waals surface area contributed by atoms with Gasteiger partial charge in [0.05, 0.1) is 7.11 Å². The Labute approximate surface area is 160 Å². The molecule has 3 heterocycles. The van der Waals surface area contributed by atoms with Crippen LogP contribution >= 0.6 is 0 Å². The van der Waals surface area contributed by atoms with Crippen molar-refractivity contribution in [2.45, 2.75) is 6.54 Å². The summed E-state index contributed by atoms with van der Waals surface area (Å²) in [5, 5.41) is 5.58. The average molecular weight is 375 g/mol. The van der Waals surface area contributed by atoms with Crippen molar-refractivity contribution in [1.82, 2.24) is 20.3 Å². The van der Waals surface area contributed by atoms with E-state index < -0.39 is 0 Å². The van der Waals surface area contributed by atoms with E-state index in [2.05, 4.69) is 25.6 Å². The van der Waals surface area contributed by atoms with E-state index in [1.54, 1.807) is 56.0 Å². The quantitative estimate of drug-likeness (QED) is 0.552. The van der Waals surface area contributed by atoms with E-state index in [4.69, 9.17) is 9.15 Å². The van der Waals surface area contributed by atoms with Gasteiger partial charge in [0.15, 0.2) is 5.58 Å². The number of aromatic nitrogens is 3. The van der Waals surface area contributed by atoms with Crippen LogP contribution in [-0.2, 0) is 6.54 Å². The van der Waals surface area contributed by atoms with Crippen molar-refractivity contribution in [1.29, 1.82) is 0 Å². The smallest absolute Gasteiger partial charge is 0.319 e. The SMILES string of the molecule is COc1cc(-c2nc3ccc(NC(=O)NCc4ccncc4)cc3o2)ccn1. The van der Waals surface area contributed by atoms with Gasteiger partial charge in [-0.05, 0) is 35.9 Å². The van der Waals surface area contributed by atoms with Crippen molar-refractivity contribution in [2.75, 3.05) is 12.4 Å². The predicted octanol–water partition coefficient (Wildman–Crippen LogP) is 3.62. The van der Waals surface area contributed by atoms with Crippen molar-refractivity contribution < 1.29 is 13.9 Å². The molecular formula is C20H17N5O3. The average Bonchev–Trinajstić information content (AvgIpc) is 3.16. The number of fused-ring (bicyclic) bond motifs is 1. The summed E-state index contributed by atoms with van der Waals surface area (Å²) in [5.41, 5.74) is 3.59. The van der Waals surface area contributed by atoms with Crippen molar-refractivity contribution in [3.63, 3.8) is 0 Å². The lowest BCUT2D eigenvalue weighted by Gasteiger charge is -2.07. The number of nitrogens with one attached hydrogen (secondary N) is 2. The van der Waals surface area contributed by atoms with E-state index >= 15 is 0 Å². The number of urea groups is 1. The van der Waals surface area contributed by atoms with Crippen LogP contribution in [0.4, 0.5) is 10.5 Å². The third-order valence-electron chi connectivity index (χ3n) is 4.04. The summed E-state index contributed by atoms with van der Waals surface area (Å²) >= 11 is 0. The Morgan fingerprint density at radius 2 is 1.96 bits per heavy atom. The fraction of sp³-hybridized carbons (Fsp3) is 0.100. The lowest BCUT2D eigenvalue weighted by Crippen LogP contribution is -2.28. The van der Waals surface area contributed by atoms with Crippen molar-refractivity contribution in [2.24, 2.45) is 0 Å². The molecule has 0 unspecified atom stereocenters. The van der Waals surface area contributed by atoms with Gasteiger partial charge in [0.1, 0.15) is 5.52 Å². The minimum Gasteiger partial charge on any atom is -0.481 e. The summed E-state index contributed by atoms with van der Waals surface area (Å²) in [4.78, 5) is 24.6. The van der Waals surface area contributed by atoms with Crippen LogP contribution in [-0.4, -0.2) is 28.1 Å². The molecule has 4 rings (SSSR count). The predicted molar refractivity (Wildman–Crippen MR) is 104 cm³/mol. The Balaban J connectivity index is 1.47. The largest absolute Gasteiger partial charge is 0.481 e. The fourth-order valence-electron chi connectivity index (χ4n) is 2.64. The van der Waals surface area contributed by atoms with Gasteiger partial charge in [-0.25, -0.2) is 14.8 Å². The third-order valence-corrected chi connectivity index (χ3v) is 4.04. The Bertz CT molecular complexity index is 1110. The Hall–Kier alpha value is -3.94. The number of anilines is 1. The lowest BCUT2D eigenvalue weighted by atomic mass is 10.2. The zero-order valence-electron chi connectivity index (χ0n) is 15.0. The highest BCUT2D eigenvalue weighted by Crippen LogP contribution is 2.27. The second-order valence-electron chi connectivity index (χ2n) is 5.95. The number of oxazole rings is 1. The summed E-state index contributed by atoms with van der Waals surface area (Å²) < 4.78 is 11.0. The van der Waals surface area contributed by atoms with E-state index in [0.717, 1.165) is 11.1 Å². The molecule has 0 aliphatic heterocycles. The summed E-state index contributed by atoms with van der Waals surface area (Å²) in [6.45, 7) is 0.410. The second kappa shape index (κ2) is 7.75. The highest BCUT2D eigenvalue weighted by Gasteiger charge is 2.11. The molecule has 1 aromatic carbocycles. The first kappa shape index (κ1) is 17.5. The van der Waals surface area contributed by atoms with Gasteiger partial charge < -0.3 is 19.8 Å². The highest BCUT2D eigenvalue weighted by atomic mass is 16.5. The normalized spacial score (nSPS) is 10.6. The first-order chi connectivity index (χ1) is 13.7. The number of hydrogen-bond donors (Lipinski definition) is 2. The molecule has 140 valence electrons. The molecule has 28 heavy (non-hydrogen) atoms. The van der Waals surface area contributed by atoms with E-state index in [1.807, 2.05) is 12.1 Å².